The van der Waals surface area contributed by atoms with Crippen molar-refractivity contribution in [3.05, 3.63) is 25.3 Å². The molecular weight excluding hydrogens is 148 g/mol. The second-order valence-electron chi connectivity index (χ2n) is 3.69. The summed E-state index contributed by atoms with van der Waals surface area (Å²) in [7, 11) is -0.868. The molecule has 0 aromatic heterocycles. The largest absolute Gasteiger partial charge is 0.103 e. The van der Waals surface area contributed by atoms with Gasteiger partial charge in [-0.3, -0.25) is 0 Å². The third kappa shape index (κ3) is 2.06. The molecule has 11 heavy (non-hydrogen) atoms. The Balaban J connectivity index is 2.53. The van der Waals surface area contributed by atoms with E-state index in [9.17, 15) is 0 Å². The Kier molecular flexibility index (Phi) is 3.12. The van der Waals surface area contributed by atoms with Crippen LogP contribution in [0, 0.1) is 0 Å². The quantitative estimate of drug-likeness (QED) is 0.442. The van der Waals surface area contributed by atoms with Crippen LogP contribution < -0.4 is 0 Å². The van der Waals surface area contributed by atoms with Crippen LogP contribution in [-0.2, 0) is 0 Å². The molecule has 1 rings (SSSR count). The fraction of sp³-hybridized carbons (Fsp3) is 0.600. The van der Waals surface area contributed by atoms with Crippen molar-refractivity contribution in [1.82, 2.24) is 0 Å². The van der Waals surface area contributed by atoms with Crippen molar-refractivity contribution < 1.29 is 0 Å². The van der Waals surface area contributed by atoms with Crippen LogP contribution in [0.1, 0.15) is 12.8 Å². The highest BCUT2D eigenvalue weighted by Crippen LogP contribution is 2.36. The van der Waals surface area contributed by atoms with Gasteiger partial charge < -0.3 is 0 Å². The zero-order valence-electron chi connectivity index (χ0n) is 7.31. The number of hydrogen-bond donors (Lipinski definition) is 0. The van der Waals surface area contributed by atoms with Gasteiger partial charge in [-0.05, 0) is 12.1 Å². The fourth-order valence-corrected chi connectivity index (χ4v) is 6.69. The van der Waals surface area contributed by atoms with Crippen molar-refractivity contribution in [1.29, 1.82) is 0 Å². The molecule has 1 heterocycles. The molecule has 0 aromatic carbocycles. The molecule has 0 amide bonds. The second kappa shape index (κ2) is 3.91. The van der Waals surface area contributed by atoms with Crippen LogP contribution in [0.3, 0.4) is 0 Å². The summed E-state index contributed by atoms with van der Waals surface area (Å²) in [6, 6.07) is 5.67. The summed E-state index contributed by atoms with van der Waals surface area (Å²) in [5.41, 5.74) is 0. The van der Waals surface area contributed by atoms with Gasteiger partial charge in [-0.1, -0.05) is 37.1 Å². The minimum Gasteiger partial charge on any atom is -0.103 e. The van der Waals surface area contributed by atoms with Crippen LogP contribution in [0.4, 0.5) is 0 Å². The van der Waals surface area contributed by atoms with E-state index in [0.717, 1.165) is 0 Å². The molecule has 1 heteroatoms. The van der Waals surface area contributed by atoms with E-state index in [-0.39, 0.29) is 0 Å². The van der Waals surface area contributed by atoms with Gasteiger partial charge >= 0.3 is 0 Å². The monoisotopic (exact) mass is 166 g/mol. The summed E-state index contributed by atoms with van der Waals surface area (Å²) in [4.78, 5) is 0. The fourth-order valence-electron chi connectivity index (χ4n) is 2.23. The molecule has 0 nitrogen and oxygen atoms in total. The van der Waals surface area contributed by atoms with Crippen molar-refractivity contribution in [2.24, 2.45) is 0 Å². The van der Waals surface area contributed by atoms with Gasteiger partial charge in [0, 0.05) is 0 Å². The minimum absolute atomic E-state index is 0.868. The molecular formula is C10H18Si. The Morgan fingerprint density at radius 2 is 1.45 bits per heavy atom. The van der Waals surface area contributed by atoms with E-state index in [2.05, 4.69) is 25.3 Å². The molecule has 0 radical (unpaired) electrons. The summed E-state index contributed by atoms with van der Waals surface area (Å²) in [5.74, 6) is 0. The van der Waals surface area contributed by atoms with E-state index in [4.69, 9.17) is 0 Å². The topological polar surface area (TPSA) is 0 Å². The first kappa shape index (κ1) is 8.79. The highest BCUT2D eigenvalue weighted by molar-refractivity contribution is 6.81. The molecule has 1 fully saturated rings. The van der Waals surface area contributed by atoms with E-state index in [1.807, 2.05) is 0 Å². The average molecular weight is 166 g/mol. The summed E-state index contributed by atoms with van der Waals surface area (Å²) in [6.07, 6.45) is 7.18. The lowest BCUT2D eigenvalue weighted by Crippen LogP contribution is -2.27. The van der Waals surface area contributed by atoms with Crippen LogP contribution in [0.2, 0.25) is 24.2 Å². The van der Waals surface area contributed by atoms with Crippen LogP contribution in [0.25, 0.3) is 0 Å². The van der Waals surface area contributed by atoms with E-state index in [1.165, 1.54) is 37.0 Å². The highest BCUT2D eigenvalue weighted by Gasteiger charge is 2.33. The summed E-state index contributed by atoms with van der Waals surface area (Å²) < 4.78 is 0. The molecule has 0 N–H and O–H groups in total. The maximum atomic E-state index is 3.85. The maximum Gasteiger partial charge on any atom is 0.0610 e. The van der Waals surface area contributed by atoms with Gasteiger partial charge in [0.1, 0.15) is 0 Å². The zero-order chi connectivity index (χ0) is 8.16. The highest BCUT2D eigenvalue weighted by atomic mass is 28.3. The smallest absolute Gasteiger partial charge is 0.0610 e. The lowest BCUT2D eigenvalue weighted by molar-refractivity contribution is 0.935. The number of allylic oxidation sites excluding steroid dienone is 2. The van der Waals surface area contributed by atoms with Crippen molar-refractivity contribution in [3.8, 4) is 0 Å². The number of hydrogen-bond acceptors (Lipinski definition) is 0. The summed E-state index contributed by atoms with van der Waals surface area (Å²) in [6.45, 7) is 7.70. The lowest BCUT2D eigenvalue weighted by Gasteiger charge is -2.22. The molecule has 1 aliphatic rings. The minimum atomic E-state index is -0.868. The average Bonchev–Trinajstić information content (AvgIpc) is 2.39. The van der Waals surface area contributed by atoms with Crippen LogP contribution in [0.15, 0.2) is 25.3 Å². The van der Waals surface area contributed by atoms with E-state index < -0.39 is 8.07 Å². The van der Waals surface area contributed by atoms with Crippen molar-refractivity contribution in [2.75, 3.05) is 0 Å². The normalized spacial score (nSPS) is 21.5. The summed E-state index contributed by atoms with van der Waals surface area (Å²) >= 11 is 0. The molecule has 0 aliphatic carbocycles. The lowest BCUT2D eigenvalue weighted by atomic mass is 10.4. The van der Waals surface area contributed by atoms with Crippen LogP contribution >= 0.6 is 0 Å². The van der Waals surface area contributed by atoms with Gasteiger partial charge in [-0.15, -0.1) is 13.2 Å². The van der Waals surface area contributed by atoms with E-state index >= 15 is 0 Å². The van der Waals surface area contributed by atoms with Crippen LogP contribution in [0.5, 0.6) is 0 Å². The van der Waals surface area contributed by atoms with Crippen LogP contribution in [-0.4, -0.2) is 8.07 Å². The molecule has 1 saturated heterocycles. The predicted octanol–water partition coefficient (Wildman–Crippen LogP) is 3.60. The molecule has 0 atom stereocenters. The van der Waals surface area contributed by atoms with Crippen molar-refractivity contribution in [2.45, 2.75) is 37.0 Å². The Hall–Kier alpha value is -0.303. The third-order valence-electron chi connectivity index (χ3n) is 2.82. The van der Waals surface area contributed by atoms with Gasteiger partial charge in [0.15, 0.2) is 0 Å². The summed E-state index contributed by atoms with van der Waals surface area (Å²) in [5, 5.41) is 0. The molecule has 0 bridgehead atoms. The van der Waals surface area contributed by atoms with Gasteiger partial charge in [-0.2, -0.15) is 0 Å². The van der Waals surface area contributed by atoms with Gasteiger partial charge in [-0.25, -0.2) is 0 Å². The van der Waals surface area contributed by atoms with Gasteiger partial charge in [0.25, 0.3) is 0 Å². The first-order valence-electron chi connectivity index (χ1n) is 4.55. The van der Waals surface area contributed by atoms with Crippen molar-refractivity contribution in [3.63, 3.8) is 0 Å². The SMILES string of the molecule is C=CC[Si]1(CC=C)CCCC1. The Bertz CT molecular complexity index is 131. The molecule has 62 valence electrons. The van der Waals surface area contributed by atoms with Gasteiger partial charge in [0.2, 0.25) is 0 Å². The first-order valence-corrected chi connectivity index (χ1v) is 7.38. The predicted molar refractivity (Wildman–Crippen MR) is 54.6 cm³/mol. The number of rotatable bonds is 4. The first-order chi connectivity index (χ1) is 5.33. The Morgan fingerprint density at radius 3 is 1.82 bits per heavy atom. The molecule has 0 aromatic rings. The molecule has 0 unspecified atom stereocenters. The molecule has 0 saturated carbocycles. The Morgan fingerprint density at radius 1 is 1.00 bits per heavy atom. The second-order valence-corrected chi connectivity index (χ2v) is 8.51. The zero-order valence-corrected chi connectivity index (χ0v) is 8.31. The van der Waals surface area contributed by atoms with Gasteiger partial charge in [0.05, 0.1) is 8.07 Å². The molecule has 0 spiro atoms. The standard InChI is InChI=1S/C10H18Si/c1-3-7-11(8-4-2)9-5-6-10-11/h3-4H,1-2,5-10H2. The van der Waals surface area contributed by atoms with E-state index in [1.54, 1.807) is 0 Å². The van der Waals surface area contributed by atoms with E-state index in [0.29, 0.717) is 0 Å². The maximum absolute atomic E-state index is 3.85. The van der Waals surface area contributed by atoms with Crippen molar-refractivity contribution >= 4 is 8.07 Å². The third-order valence-corrected chi connectivity index (χ3v) is 7.96. The Labute approximate surface area is 71.0 Å². The molecule has 1 aliphatic heterocycles.